The average Bonchev–Trinajstić information content (AvgIpc) is 2.27. The van der Waals surface area contributed by atoms with Crippen LogP contribution in [0.15, 0.2) is 0 Å². The highest BCUT2D eigenvalue weighted by atomic mass is 79.9. The fourth-order valence-electron chi connectivity index (χ4n) is 4.27. The van der Waals surface area contributed by atoms with Gasteiger partial charge in [0.15, 0.2) is 0 Å². The van der Waals surface area contributed by atoms with E-state index < -0.39 is 0 Å². The highest BCUT2D eigenvalue weighted by molar-refractivity contribution is 9.09. The maximum Gasteiger partial charge on any atom is 0.0543 e. The smallest absolute Gasteiger partial charge is 0.0543 e. The minimum Gasteiger partial charge on any atom is -0.118 e. The fourth-order valence-corrected chi connectivity index (χ4v) is 5.97. The van der Waals surface area contributed by atoms with Crippen LogP contribution in [0.4, 0.5) is 0 Å². The van der Waals surface area contributed by atoms with Crippen LogP contribution in [0.1, 0.15) is 59.8 Å². The van der Waals surface area contributed by atoms with E-state index in [1.165, 1.54) is 25.7 Å². The molecule has 2 fully saturated rings. The molecule has 1 spiro atoms. The Kier molecular flexibility index (Phi) is 4.27. The summed E-state index contributed by atoms with van der Waals surface area (Å²) in [7, 11) is 0. The molecule has 5 atom stereocenters. The molecular weight excluding hydrogens is 375 g/mol. The predicted molar refractivity (Wildman–Crippen MR) is 88.2 cm³/mol. The highest BCUT2D eigenvalue weighted by Crippen LogP contribution is 2.64. The Morgan fingerprint density at radius 2 is 1.61 bits per heavy atom. The van der Waals surface area contributed by atoms with Crippen molar-refractivity contribution in [2.75, 3.05) is 0 Å². The van der Waals surface area contributed by atoms with Gasteiger partial charge in [0.2, 0.25) is 0 Å². The molecule has 2 rings (SSSR count). The van der Waals surface area contributed by atoms with E-state index in [2.05, 4.69) is 59.6 Å². The Morgan fingerprint density at radius 3 is 2.17 bits per heavy atom. The summed E-state index contributed by atoms with van der Waals surface area (Å²) >= 11 is 14.5. The molecule has 3 heteroatoms. The van der Waals surface area contributed by atoms with Gasteiger partial charge < -0.3 is 0 Å². The average molecular weight is 401 g/mol. The van der Waals surface area contributed by atoms with Gasteiger partial charge in [0.1, 0.15) is 0 Å². The van der Waals surface area contributed by atoms with Gasteiger partial charge in [-0.2, -0.15) is 0 Å². The summed E-state index contributed by atoms with van der Waals surface area (Å²) in [6, 6.07) is 0. The van der Waals surface area contributed by atoms with Crippen LogP contribution < -0.4 is 0 Å². The number of rotatable bonds is 0. The van der Waals surface area contributed by atoms with E-state index in [9.17, 15) is 0 Å². The van der Waals surface area contributed by atoms with Crippen LogP contribution in [0.5, 0.6) is 0 Å². The highest BCUT2D eigenvalue weighted by Gasteiger charge is 2.58. The zero-order valence-electron chi connectivity index (χ0n) is 11.9. The van der Waals surface area contributed by atoms with Gasteiger partial charge >= 0.3 is 0 Å². The molecule has 18 heavy (non-hydrogen) atoms. The molecule has 0 aliphatic heterocycles. The third kappa shape index (κ3) is 2.22. The summed E-state index contributed by atoms with van der Waals surface area (Å²) in [4.78, 5) is 1.00. The molecule has 0 bridgehead atoms. The maximum atomic E-state index is 6.64. The molecule has 2 saturated carbocycles. The van der Waals surface area contributed by atoms with Crippen molar-refractivity contribution in [1.82, 2.24) is 0 Å². The lowest BCUT2D eigenvalue weighted by Gasteiger charge is -2.61. The first-order valence-electron chi connectivity index (χ1n) is 7.10. The van der Waals surface area contributed by atoms with Gasteiger partial charge in [0, 0.05) is 9.65 Å². The largest absolute Gasteiger partial charge is 0.118 e. The molecule has 0 radical (unpaired) electrons. The number of hydrogen-bond acceptors (Lipinski definition) is 0. The zero-order valence-corrected chi connectivity index (χ0v) is 15.8. The van der Waals surface area contributed by atoms with Crippen LogP contribution in [0.3, 0.4) is 0 Å². The van der Waals surface area contributed by atoms with Gasteiger partial charge in [0.25, 0.3) is 0 Å². The first-order valence-corrected chi connectivity index (χ1v) is 9.31. The number of alkyl halides is 3. The lowest BCUT2D eigenvalue weighted by molar-refractivity contribution is -0.0600. The zero-order chi connectivity index (χ0) is 13.8. The lowest BCUT2D eigenvalue weighted by atomic mass is 9.48. The molecular formula is C15H25Br2Cl. The van der Waals surface area contributed by atoms with Gasteiger partial charge in [-0.3, -0.25) is 0 Å². The lowest BCUT2D eigenvalue weighted by Crippen LogP contribution is -2.57. The van der Waals surface area contributed by atoms with Gasteiger partial charge in [-0.15, -0.1) is 11.6 Å². The Morgan fingerprint density at radius 1 is 1.00 bits per heavy atom. The molecule has 0 aromatic rings. The van der Waals surface area contributed by atoms with E-state index in [1.54, 1.807) is 0 Å². The third-order valence-corrected chi connectivity index (χ3v) is 9.77. The molecule has 106 valence electrons. The molecule has 0 aromatic heterocycles. The summed E-state index contributed by atoms with van der Waals surface area (Å²) in [5.41, 5.74) is 0.784. The minimum atomic E-state index is -0.0691. The Hall–Kier alpha value is 1.25. The third-order valence-electron chi connectivity index (χ3n) is 6.12. The Balaban J connectivity index is 2.34. The van der Waals surface area contributed by atoms with Crippen LogP contribution in [0, 0.1) is 16.7 Å². The summed E-state index contributed by atoms with van der Waals surface area (Å²) in [5.74, 6) is 0.800. The predicted octanol–water partition coefficient (Wildman–Crippen LogP) is 6.14. The van der Waals surface area contributed by atoms with E-state index in [1.807, 2.05) is 0 Å². The van der Waals surface area contributed by atoms with Crippen LogP contribution in [0.25, 0.3) is 0 Å². The molecule has 0 amide bonds. The van der Waals surface area contributed by atoms with E-state index in [4.69, 9.17) is 11.6 Å². The summed E-state index contributed by atoms with van der Waals surface area (Å²) in [5, 5.41) is 0. The van der Waals surface area contributed by atoms with Gasteiger partial charge in [0.05, 0.1) is 4.87 Å². The van der Waals surface area contributed by atoms with E-state index in [0.717, 1.165) is 12.3 Å². The van der Waals surface area contributed by atoms with E-state index >= 15 is 0 Å². The first kappa shape index (κ1) is 15.6. The fraction of sp³-hybridized carbons (Fsp3) is 1.00. The van der Waals surface area contributed by atoms with E-state index in [0.29, 0.717) is 20.5 Å². The second-order valence-electron chi connectivity index (χ2n) is 7.27. The van der Waals surface area contributed by atoms with Crippen molar-refractivity contribution < 1.29 is 0 Å². The molecule has 2 aliphatic carbocycles. The Labute approximate surface area is 134 Å². The summed E-state index contributed by atoms with van der Waals surface area (Å²) in [6.45, 7) is 9.56. The molecule has 2 aliphatic rings. The van der Waals surface area contributed by atoms with E-state index in [-0.39, 0.29) is 4.87 Å². The topological polar surface area (TPSA) is 0 Å². The van der Waals surface area contributed by atoms with Crippen molar-refractivity contribution in [2.45, 2.75) is 74.3 Å². The number of hydrogen-bond donors (Lipinski definition) is 0. The summed E-state index contributed by atoms with van der Waals surface area (Å²) < 4.78 is 0. The molecule has 0 N–H and O–H groups in total. The normalized spacial score (nSPS) is 52.5. The first-order chi connectivity index (χ1) is 8.13. The molecule has 0 heterocycles. The van der Waals surface area contributed by atoms with Crippen LogP contribution >= 0.6 is 43.5 Å². The van der Waals surface area contributed by atoms with Crippen LogP contribution in [-0.2, 0) is 0 Å². The Bertz CT molecular complexity index is 326. The van der Waals surface area contributed by atoms with Crippen molar-refractivity contribution in [3.63, 3.8) is 0 Å². The molecule has 0 aromatic carbocycles. The van der Waals surface area contributed by atoms with Crippen LogP contribution in [-0.4, -0.2) is 14.5 Å². The second kappa shape index (κ2) is 4.91. The molecule has 0 saturated heterocycles. The SMILES string of the molecule is C[C@H]1CC[C@@H](Br)C(C)(C)[C@]12CC[C@](C)(Cl)[C@@H](Br)C2. The van der Waals surface area contributed by atoms with Crippen molar-refractivity contribution >= 4 is 43.5 Å². The number of halogens is 3. The second-order valence-corrected chi connectivity index (χ2v) is 10.3. The van der Waals surface area contributed by atoms with Gasteiger partial charge in [-0.05, 0) is 55.8 Å². The quantitative estimate of drug-likeness (QED) is 0.429. The minimum absolute atomic E-state index is 0.0691. The monoisotopic (exact) mass is 398 g/mol. The molecule has 0 nitrogen and oxygen atoms in total. The van der Waals surface area contributed by atoms with Crippen molar-refractivity contribution in [1.29, 1.82) is 0 Å². The van der Waals surface area contributed by atoms with Gasteiger partial charge in [-0.1, -0.05) is 52.6 Å². The maximum absolute atomic E-state index is 6.64. The summed E-state index contributed by atoms with van der Waals surface area (Å²) in [6.07, 6.45) is 6.26. The van der Waals surface area contributed by atoms with Crippen LogP contribution in [0.2, 0.25) is 0 Å². The van der Waals surface area contributed by atoms with Crippen molar-refractivity contribution in [3.05, 3.63) is 0 Å². The van der Waals surface area contributed by atoms with Crippen molar-refractivity contribution in [3.8, 4) is 0 Å². The molecule has 0 unspecified atom stereocenters. The standard InChI is InChI=1S/C15H25Br2Cl/c1-10-5-6-11(16)13(2,3)15(10)8-7-14(4,18)12(17)9-15/h10-12H,5-9H2,1-4H3/t10-,11+,12-,14-,15-/m0/s1. The van der Waals surface area contributed by atoms with Gasteiger partial charge in [-0.25, -0.2) is 0 Å². The van der Waals surface area contributed by atoms with Crippen molar-refractivity contribution in [2.24, 2.45) is 16.7 Å².